The lowest BCUT2D eigenvalue weighted by atomic mass is 10.1. The van der Waals surface area contributed by atoms with Gasteiger partial charge in [0.15, 0.2) is 0 Å². The highest BCUT2D eigenvalue weighted by Crippen LogP contribution is 2.24. The molecule has 18 heavy (non-hydrogen) atoms. The molecule has 1 aromatic rings. The fraction of sp³-hybridized carbons (Fsp3) is 0.545. The van der Waals surface area contributed by atoms with Crippen LogP contribution in [-0.4, -0.2) is 32.7 Å². The first-order valence-electron chi connectivity index (χ1n) is 5.71. The Morgan fingerprint density at radius 3 is 3.00 bits per heavy atom. The molecule has 0 saturated carbocycles. The van der Waals surface area contributed by atoms with Crippen molar-refractivity contribution in [2.45, 2.75) is 30.3 Å². The number of rotatable bonds is 4. The van der Waals surface area contributed by atoms with Gasteiger partial charge in [-0.15, -0.1) is 0 Å². The molecule has 0 spiro atoms. The van der Waals surface area contributed by atoms with Gasteiger partial charge in [0.25, 0.3) is 9.05 Å². The summed E-state index contributed by atoms with van der Waals surface area (Å²) in [5, 5.41) is 0. The van der Waals surface area contributed by atoms with E-state index in [1.165, 1.54) is 18.3 Å². The van der Waals surface area contributed by atoms with E-state index >= 15 is 0 Å². The van der Waals surface area contributed by atoms with E-state index in [2.05, 4.69) is 4.98 Å². The highest BCUT2D eigenvalue weighted by atomic mass is 35.7. The largest absolute Gasteiger partial charge is 0.474 e. The minimum atomic E-state index is -3.84. The van der Waals surface area contributed by atoms with E-state index < -0.39 is 9.05 Å². The van der Waals surface area contributed by atoms with Gasteiger partial charge in [-0.1, -0.05) is 0 Å². The van der Waals surface area contributed by atoms with E-state index in [1.807, 2.05) is 0 Å². The maximum atomic E-state index is 11.3. The standard InChI is InChI=1S/C11H14ClNO4S/c12-18(14,15)10-5-3-6-13-11(10)17-8-9-4-1-2-7-16-9/h3,5-6,9H,1-2,4,7-8H2. The summed E-state index contributed by atoms with van der Waals surface area (Å²) in [6.45, 7) is 1.01. The van der Waals surface area contributed by atoms with E-state index in [4.69, 9.17) is 20.2 Å². The maximum Gasteiger partial charge on any atom is 0.266 e. The van der Waals surface area contributed by atoms with Crippen molar-refractivity contribution < 1.29 is 17.9 Å². The molecule has 0 amide bonds. The van der Waals surface area contributed by atoms with Crippen molar-refractivity contribution in [2.24, 2.45) is 0 Å². The second-order valence-corrected chi connectivity index (χ2v) is 6.58. The Bertz CT molecular complexity index is 500. The van der Waals surface area contributed by atoms with Crippen LogP contribution in [-0.2, 0) is 13.8 Å². The molecule has 5 nitrogen and oxygen atoms in total. The van der Waals surface area contributed by atoms with Crippen LogP contribution in [0.25, 0.3) is 0 Å². The van der Waals surface area contributed by atoms with Gasteiger partial charge < -0.3 is 9.47 Å². The minimum Gasteiger partial charge on any atom is -0.474 e. The van der Waals surface area contributed by atoms with Crippen LogP contribution in [0.15, 0.2) is 23.2 Å². The first-order chi connectivity index (χ1) is 8.57. The Kier molecular flexibility index (Phi) is 4.42. The fourth-order valence-electron chi connectivity index (χ4n) is 1.78. The Labute approximate surface area is 110 Å². The van der Waals surface area contributed by atoms with Gasteiger partial charge in [0.05, 0.1) is 6.10 Å². The molecule has 1 unspecified atom stereocenters. The molecule has 1 aliphatic heterocycles. The molecule has 1 aliphatic rings. The monoisotopic (exact) mass is 291 g/mol. The van der Waals surface area contributed by atoms with Crippen molar-refractivity contribution in [3.8, 4) is 5.88 Å². The molecule has 0 aromatic carbocycles. The highest BCUT2D eigenvalue weighted by molar-refractivity contribution is 8.13. The molecule has 100 valence electrons. The van der Waals surface area contributed by atoms with Gasteiger partial charge >= 0.3 is 0 Å². The molecular weight excluding hydrogens is 278 g/mol. The van der Waals surface area contributed by atoms with Gasteiger partial charge in [-0.2, -0.15) is 0 Å². The Morgan fingerprint density at radius 2 is 2.33 bits per heavy atom. The lowest BCUT2D eigenvalue weighted by molar-refractivity contribution is -0.0125. The van der Waals surface area contributed by atoms with Crippen molar-refractivity contribution in [3.63, 3.8) is 0 Å². The molecule has 0 N–H and O–H groups in total. The smallest absolute Gasteiger partial charge is 0.266 e. The van der Waals surface area contributed by atoms with Crippen LogP contribution in [0.4, 0.5) is 0 Å². The van der Waals surface area contributed by atoms with E-state index in [0.29, 0.717) is 0 Å². The molecule has 2 heterocycles. The van der Waals surface area contributed by atoms with Crippen LogP contribution in [0.2, 0.25) is 0 Å². The molecule has 7 heteroatoms. The van der Waals surface area contributed by atoms with Crippen molar-refractivity contribution in [1.29, 1.82) is 0 Å². The number of ether oxygens (including phenoxy) is 2. The van der Waals surface area contributed by atoms with Gasteiger partial charge in [-0.3, -0.25) is 0 Å². The van der Waals surface area contributed by atoms with Crippen LogP contribution in [0.3, 0.4) is 0 Å². The second kappa shape index (κ2) is 5.86. The third-order valence-electron chi connectivity index (χ3n) is 2.68. The number of halogens is 1. The minimum absolute atomic E-state index is 0.00774. The zero-order valence-corrected chi connectivity index (χ0v) is 11.3. The average Bonchev–Trinajstić information content (AvgIpc) is 2.37. The summed E-state index contributed by atoms with van der Waals surface area (Å²) in [7, 11) is 1.46. The topological polar surface area (TPSA) is 65.5 Å². The molecule has 0 aliphatic carbocycles. The zero-order chi connectivity index (χ0) is 13.0. The number of nitrogens with zero attached hydrogens (tertiary/aromatic N) is 1. The summed E-state index contributed by atoms with van der Waals surface area (Å²) >= 11 is 0. The number of hydrogen-bond donors (Lipinski definition) is 0. The number of aromatic nitrogens is 1. The molecule has 1 aromatic heterocycles. The van der Waals surface area contributed by atoms with Gasteiger partial charge in [-0.05, 0) is 31.4 Å². The van der Waals surface area contributed by atoms with E-state index in [0.717, 1.165) is 25.9 Å². The predicted octanol–water partition coefficient (Wildman–Crippen LogP) is 1.96. The Morgan fingerprint density at radius 1 is 1.50 bits per heavy atom. The summed E-state index contributed by atoms with van der Waals surface area (Å²) in [5.74, 6) is 0.0293. The first kappa shape index (κ1) is 13.6. The molecule has 0 bridgehead atoms. The van der Waals surface area contributed by atoms with Gasteiger partial charge in [-0.25, -0.2) is 13.4 Å². The highest BCUT2D eigenvalue weighted by Gasteiger charge is 2.20. The molecule has 2 rings (SSSR count). The van der Waals surface area contributed by atoms with E-state index in [1.54, 1.807) is 0 Å². The van der Waals surface area contributed by atoms with Gasteiger partial charge in [0.2, 0.25) is 5.88 Å². The van der Waals surface area contributed by atoms with E-state index in [-0.39, 0.29) is 23.5 Å². The van der Waals surface area contributed by atoms with Crippen molar-refractivity contribution in [2.75, 3.05) is 13.2 Å². The van der Waals surface area contributed by atoms with Gasteiger partial charge in [0, 0.05) is 23.5 Å². The molecule has 0 radical (unpaired) electrons. The lowest BCUT2D eigenvalue weighted by Crippen LogP contribution is -2.26. The fourth-order valence-corrected chi connectivity index (χ4v) is 2.69. The molecular formula is C11H14ClNO4S. The van der Waals surface area contributed by atoms with E-state index in [9.17, 15) is 8.42 Å². The molecule has 1 saturated heterocycles. The normalized spacial score (nSPS) is 20.6. The van der Waals surface area contributed by atoms with Crippen molar-refractivity contribution in [3.05, 3.63) is 18.3 Å². The summed E-state index contributed by atoms with van der Waals surface area (Å²) < 4.78 is 33.5. The number of hydrogen-bond acceptors (Lipinski definition) is 5. The van der Waals surface area contributed by atoms with Crippen molar-refractivity contribution in [1.82, 2.24) is 4.98 Å². The quantitative estimate of drug-likeness (QED) is 0.793. The van der Waals surface area contributed by atoms with Crippen LogP contribution < -0.4 is 4.74 Å². The average molecular weight is 292 g/mol. The number of pyridine rings is 1. The van der Waals surface area contributed by atoms with Crippen LogP contribution in [0.5, 0.6) is 5.88 Å². The Hall–Kier alpha value is -0.850. The Balaban J connectivity index is 2.05. The molecule has 1 fully saturated rings. The lowest BCUT2D eigenvalue weighted by Gasteiger charge is -2.22. The summed E-state index contributed by atoms with van der Waals surface area (Å²) in [6.07, 6.45) is 4.52. The second-order valence-electron chi connectivity index (χ2n) is 4.04. The predicted molar refractivity (Wildman–Crippen MR) is 66.4 cm³/mol. The third kappa shape index (κ3) is 3.57. The third-order valence-corrected chi connectivity index (χ3v) is 4.01. The maximum absolute atomic E-state index is 11.3. The SMILES string of the molecule is O=S(=O)(Cl)c1cccnc1OCC1CCCCO1. The molecule has 1 atom stereocenters. The summed E-state index contributed by atoms with van der Waals surface area (Å²) in [6, 6.07) is 2.87. The van der Waals surface area contributed by atoms with Gasteiger partial charge in [0.1, 0.15) is 11.5 Å². The first-order valence-corrected chi connectivity index (χ1v) is 8.02. The zero-order valence-electron chi connectivity index (χ0n) is 9.71. The van der Waals surface area contributed by atoms with Crippen LogP contribution in [0, 0.1) is 0 Å². The van der Waals surface area contributed by atoms with Crippen LogP contribution in [0.1, 0.15) is 19.3 Å². The summed E-state index contributed by atoms with van der Waals surface area (Å²) in [5.41, 5.74) is 0. The summed E-state index contributed by atoms with van der Waals surface area (Å²) in [4.78, 5) is 3.78. The van der Waals surface area contributed by atoms with Crippen molar-refractivity contribution >= 4 is 19.7 Å². The van der Waals surface area contributed by atoms with Crippen LogP contribution >= 0.6 is 10.7 Å².